The van der Waals surface area contributed by atoms with Crippen LogP contribution in [0.5, 0.6) is 5.75 Å². The summed E-state index contributed by atoms with van der Waals surface area (Å²) in [6.45, 7) is 7.46. The number of hydrogen-bond acceptors (Lipinski definition) is 3. The molecule has 108 valence electrons. The Balaban J connectivity index is 2.06. The number of ether oxygens (including phenoxy) is 1. The van der Waals surface area contributed by atoms with Crippen LogP contribution < -0.4 is 10.1 Å². The maximum absolute atomic E-state index is 11.4. The van der Waals surface area contributed by atoms with E-state index in [9.17, 15) is 4.79 Å². The summed E-state index contributed by atoms with van der Waals surface area (Å²) in [7, 11) is 0. The van der Waals surface area contributed by atoms with Gasteiger partial charge in [-0.3, -0.25) is 4.79 Å². The molecule has 1 rings (SSSR count). The maximum Gasteiger partial charge on any atom is 0.225 e. The molecular formula is C15H19BrN2O2. The van der Waals surface area contributed by atoms with Gasteiger partial charge in [0.15, 0.2) is 0 Å². The lowest BCUT2D eigenvalue weighted by molar-refractivity contribution is -0.120. The standard InChI is InChI=1S/C15H19BrN2O2/c1-12(17-2)18-15(19)9-4-3-5-10-20-14-8-6-7-13(16)11-14/h6-8,11H,1-5,9-10H2,(H,18,19). The third kappa shape index (κ3) is 7.09. The van der Waals surface area contributed by atoms with Crippen molar-refractivity contribution in [3.8, 4) is 5.75 Å². The Labute approximate surface area is 128 Å². The second-order valence-corrected chi connectivity index (χ2v) is 5.19. The van der Waals surface area contributed by atoms with Crippen LogP contribution in [0.4, 0.5) is 0 Å². The van der Waals surface area contributed by atoms with Gasteiger partial charge in [0, 0.05) is 10.9 Å². The van der Waals surface area contributed by atoms with Crippen molar-refractivity contribution in [3.63, 3.8) is 0 Å². The van der Waals surface area contributed by atoms with Crippen LogP contribution in [0.25, 0.3) is 0 Å². The molecule has 5 heteroatoms. The topological polar surface area (TPSA) is 50.7 Å². The van der Waals surface area contributed by atoms with Crippen molar-refractivity contribution < 1.29 is 9.53 Å². The van der Waals surface area contributed by atoms with Crippen molar-refractivity contribution in [3.05, 3.63) is 41.1 Å². The monoisotopic (exact) mass is 338 g/mol. The number of carbonyl (C=O) groups excluding carboxylic acids is 1. The summed E-state index contributed by atoms with van der Waals surface area (Å²) in [6.07, 6.45) is 3.14. The highest BCUT2D eigenvalue weighted by atomic mass is 79.9. The van der Waals surface area contributed by atoms with Crippen molar-refractivity contribution in [2.24, 2.45) is 4.99 Å². The smallest absolute Gasteiger partial charge is 0.225 e. The molecule has 0 saturated heterocycles. The molecule has 0 heterocycles. The molecule has 1 N–H and O–H groups in total. The molecule has 1 aromatic rings. The first-order valence-corrected chi connectivity index (χ1v) is 7.25. The van der Waals surface area contributed by atoms with Crippen molar-refractivity contribution in [2.75, 3.05) is 6.61 Å². The van der Waals surface area contributed by atoms with Gasteiger partial charge in [-0.25, -0.2) is 4.99 Å². The Hall–Kier alpha value is -1.62. The van der Waals surface area contributed by atoms with E-state index in [4.69, 9.17) is 4.74 Å². The minimum atomic E-state index is -0.0738. The Morgan fingerprint density at radius 2 is 2.15 bits per heavy atom. The molecule has 0 aromatic heterocycles. The first kappa shape index (κ1) is 16.4. The van der Waals surface area contributed by atoms with E-state index in [1.165, 1.54) is 0 Å². The Morgan fingerprint density at radius 1 is 1.35 bits per heavy atom. The van der Waals surface area contributed by atoms with Crippen LogP contribution in [0.1, 0.15) is 25.7 Å². The SMILES string of the molecule is C=NC(=C)NC(=O)CCCCCOc1cccc(Br)c1. The number of halogens is 1. The number of amides is 1. The molecule has 0 aliphatic heterocycles. The summed E-state index contributed by atoms with van der Waals surface area (Å²) in [5.74, 6) is 1.08. The molecular weight excluding hydrogens is 320 g/mol. The van der Waals surface area contributed by atoms with E-state index in [-0.39, 0.29) is 5.91 Å². The average Bonchev–Trinajstić information content (AvgIpc) is 2.42. The Kier molecular flexibility index (Phi) is 7.65. The average molecular weight is 339 g/mol. The number of hydrogen-bond donors (Lipinski definition) is 1. The quantitative estimate of drug-likeness (QED) is 0.551. The zero-order chi connectivity index (χ0) is 14.8. The highest BCUT2D eigenvalue weighted by Gasteiger charge is 2.01. The molecule has 20 heavy (non-hydrogen) atoms. The van der Waals surface area contributed by atoms with E-state index < -0.39 is 0 Å². The fourth-order valence-electron chi connectivity index (χ4n) is 1.57. The van der Waals surface area contributed by atoms with Crippen LogP contribution in [0.2, 0.25) is 0 Å². The second kappa shape index (κ2) is 9.31. The van der Waals surface area contributed by atoms with Crippen LogP contribution in [0.3, 0.4) is 0 Å². The molecule has 0 unspecified atom stereocenters. The summed E-state index contributed by atoms with van der Waals surface area (Å²) in [5, 5.41) is 2.55. The van der Waals surface area contributed by atoms with Gasteiger partial charge in [0.25, 0.3) is 0 Å². The van der Waals surface area contributed by atoms with Gasteiger partial charge >= 0.3 is 0 Å². The number of rotatable bonds is 9. The predicted molar refractivity (Wildman–Crippen MR) is 84.9 cm³/mol. The van der Waals surface area contributed by atoms with E-state index in [2.05, 4.69) is 39.5 Å². The van der Waals surface area contributed by atoms with E-state index in [0.717, 1.165) is 29.5 Å². The maximum atomic E-state index is 11.4. The minimum Gasteiger partial charge on any atom is -0.494 e. The molecule has 4 nitrogen and oxygen atoms in total. The van der Waals surface area contributed by atoms with E-state index >= 15 is 0 Å². The summed E-state index contributed by atoms with van der Waals surface area (Å²) in [5.41, 5.74) is 0. The van der Waals surface area contributed by atoms with Crippen molar-refractivity contribution in [1.82, 2.24) is 5.32 Å². The molecule has 0 aliphatic carbocycles. The van der Waals surface area contributed by atoms with Gasteiger partial charge in [0.05, 0.1) is 6.61 Å². The predicted octanol–water partition coefficient (Wildman–Crippen LogP) is 3.68. The van der Waals surface area contributed by atoms with Crippen molar-refractivity contribution in [2.45, 2.75) is 25.7 Å². The minimum absolute atomic E-state index is 0.0738. The molecule has 0 radical (unpaired) electrons. The summed E-state index contributed by atoms with van der Waals surface area (Å²) in [4.78, 5) is 14.9. The molecule has 0 bridgehead atoms. The first-order chi connectivity index (χ1) is 9.61. The summed E-state index contributed by atoms with van der Waals surface area (Å²) >= 11 is 3.39. The fourth-order valence-corrected chi connectivity index (χ4v) is 1.95. The number of unbranched alkanes of at least 4 members (excludes halogenated alkanes) is 2. The summed E-state index contributed by atoms with van der Waals surface area (Å²) < 4.78 is 6.61. The van der Waals surface area contributed by atoms with Gasteiger partial charge in [0.1, 0.15) is 11.6 Å². The molecule has 1 amide bonds. The highest BCUT2D eigenvalue weighted by Crippen LogP contribution is 2.18. The van der Waals surface area contributed by atoms with Gasteiger partial charge in [-0.2, -0.15) is 0 Å². The Morgan fingerprint density at radius 3 is 2.85 bits per heavy atom. The largest absolute Gasteiger partial charge is 0.494 e. The third-order valence-corrected chi connectivity index (χ3v) is 3.08. The molecule has 0 aliphatic rings. The van der Waals surface area contributed by atoms with Gasteiger partial charge in [-0.15, -0.1) is 0 Å². The van der Waals surface area contributed by atoms with Crippen LogP contribution in [0.15, 0.2) is 46.1 Å². The number of carbonyl (C=O) groups is 1. The molecule has 0 fully saturated rings. The second-order valence-electron chi connectivity index (χ2n) is 4.27. The van der Waals surface area contributed by atoms with Gasteiger partial charge in [-0.05, 0) is 44.2 Å². The van der Waals surface area contributed by atoms with Crippen LogP contribution in [0, 0.1) is 0 Å². The normalized spacial score (nSPS) is 9.85. The van der Waals surface area contributed by atoms with E-state index in [1.807, 2.05) is 24.3 Å². The third-order valence-electron chi connectivity index (χ3n) is 2.59. The number of nitrogens with zero attached hydrogens (tertiary/aromatic N) is 1. The van der Waals surface area contributed by atoms with Crippen molar-refractivity contribution in [1.29, 1.82) is 0 Å². The Bertz CT molecular complexity index is 475. The van der Waals surface area contributed by atoms with E-state index in [0.29, 0.717) is 18.8 Å². The first-order valence-electron chi connectivity index (χ1n) is 6.45. The van der Waals surface area contributed by atoms with Crippen LogP contribution in [-0.2, 0) is 4.79 Å². The highest BCUT2D eigenvalue weighted by molar-refractivity contribution is 9.10. The number of nitrogens with one attached hydrogen (secondary N) is 1. The van der Waals surface area contributed by atoms with E-state index in [1.54, 1.807) is 0 Å². The molecule has 1 aromatic carbocycles. The lowest BCUT2D eigenvalue weighted by Crippen LogP contribution is -2.20. The van der Waals surface area contributed by atoms with Crippen molar-refractivity contribution >= 4 is 28.6 Å². The van der Waals surface area contributed by atoms with Gasteiger partial charge in [0.2, 0.25) is 5.91 Å². The summed E-state index contributed by atoms with van der Waals surface area (Å²) in [6, 6.07) is 7.75. The number of benzene rings is 1. The van der Waals surface area contributed by atoms with Gasteiger partial charge in [-0.1, -0.05) is 28.6 Å². The zero-order valence-corrected chi connectivity index (χ0v) is 13.0. The number of aliphatic imine (C=N–C) groups is 1. The lowest BCUT2D eigenvalue weighted by atomic mass is 10.2. The fraction of sp³-hybridized carbons (Fsp3) is 0.333. The lowest BCUT2D eigenvalue weighted by Gasteiger charge is -2.06. The van der Waals surface area contributed by atoms with Crippen LogP contribution in [-0.4, -0.2) is 19.2 Å². The zero-order valence-electron chi connectivity index (χ0n) is 11.4. The molecule has 0 atom stereocenters. The van der Waals surface area contributed by atoms with Crippen LogP contribution >= 0.6 is 15.9 Å². The molecule has 0 spiro atoms. The molecule has 0 saturated carbocycles. The van der Waals surface area contributed by atoms with Gasteiger partial charge < -0.3 is 10.1 Å².